The molecule has 27 heavy (non-hydrogen) atoms. The molecule has 3 rings (SSSR count). The zero-order chi connectivity index (χ0) is 19.4. The molecule has 0 saturated heterocycles. The summed E-state index contributed by atoms with van der Waals surface area (Å²) < 4.78 is 1.82. The molecule has 0 fully saturated rings. The highest BCUT2D eigenvalue weighted by atomic mass is 35.5. The number of aromatic nitrogens is 2. The lowest BCUT2D eigenvalue weighted by Crippen LogP contribution is -2.10. The van der Waals surface area contributed by atoms with Crippen LogP contribution in [0.25, 0.3) is 23.0 Å². The number of carbonyl (C=O) groups excluding carboxylic acids is 1. The Labute approximate surface area is 165 Å². The van der Waals surface area contributed by atoms with Crippen LogP contribution < -0.4 is 0 Å². The van der Waals surface area contributed by atoms with Crippen LogP contribution in [0.15, 0.2) is 61.2 Å². The minimum atomic E-state index is 0.210. The largest absolute Gasteiger partial charge is 0.299 e. The van der Waals surface area contributed by atoms with Crippen molar-refractivity contribution in [1.82, 2.24) is 9.78 Å². The highest BCUT2D eigenvalue weighted by molar-refractivity contribution is 6.30. The van der Waals surface area contributed by atoms with Gasteiger partial charge in [0.15, 0.2) is 0 Å². The zero-order valence-corrected chi connectivity index (χ0v) is 16.4. The van der Waals surface area contributed by atoms with E-state index in [4.69, 9.17) is 16.7 Å². The number of hydrogen-bond acceptors (Lipinski definition) is 2. The SMILES string of the molecule is C=Cc1ccc(-c2cc(CC(=O)CC(C)C)n(-c3cccc(Cl)c3)n2)cc1. The molecule has 3 nitrogen and oxygen atoms in total. The summed E-state index contributed by atoms with van der Waals surface area (Å²) in [5, 5.41) is 5.40. The molecule has 0 saturated carbocycles. The molecule has 0 spiro atoms. The maximum atomic E-state index is 12.4. The van der Waals surface area contributed by atoms with Crippen LogP contribution >= 0.6 is 11.6 Å². The van der Waals surface area contributed by atoms with Gasteiger partial charge in [-0.2, -0.15) is 5.10 Å². The summed E-state index contributed by atoms with van der Waals surface area (Å²) in [7, 11) is 0. The molecule has 0 aliphatic carbocycles. The van der Waals surface area contributed by atoms with E-state index >= 15 is 0 Å². The Hall–Kier alpha value is -2.65. The van der Waals surface area contributed by atoms with E-state index in [9.17, 15) is 4.79 Å². The molecule has 0 amide bonds. The van der Waals surface area contributed by atoms with E-state index in [0.717, 1.165) is 28.2 Å². The Kier molecular flexibility index (Phi) is 5.92. The smallest absolute Gasteiger partial charge is 0.139 e. The maximum absolute atomic E-state index is 12.4. The Morgan fingerprint density at radius 1 is 1.19 bits per heavy atom. The van der Waals surface area contributed by atoms with Gasteiger partial charge in [0.05, 0.1) is 17.1 Å². The number of carbonyl (C=O) groups is 1. The van der Waals surface area contributed by atoms with Gasteiger partial charge in [-0.1, -0.05) is 68.4 Å². The molecule has 0 unspecified atom stereocenters. The van der Waals surface area contributed by atoms with Gasteiger partial charge < -0.3 is 0 Å². The standard InChI is InChI=1S/C23H23ClN2O/c1-4-17-8-10-18(11-9-17)23-15-21(14-22(27)12-16(2)3)26(25-23)20-7-5-6-19(24)13-20/h4-11,13,15-16H,1,12,14H2,2-3H3. The molecule has 0 N–H and O–H groups in total. The number of Topliss-reactive ketones (excluding diaryl/α,β-unsaturated/α-hetero) is 1. The van der Waals surface area contributed by atoms with Gasteiger partial charge in [-0.05, 0) is 35.7 Å². The van der Waals surface area contributed by atoms with Crippen LogP contribution in [-0.2, 0) is 11.2 Å². The van der Waals surface area contributed by atoms with Gasteiger partial charge in [0.2, 0.25) is 0 Å². The van der Waals surface area contributed by atoms with E-state index in [1.54, 1.807) is 0 Å². The number of halogens is 1. The summed E-state index contributed by atoms with van der Waals surface area (Å²) in [5.41, 5.74) is 4.60. The maximum Gasteiger partial charge on any atom is 0.139 e. The normalized spacial score (nSPS) is 11.0. The lowest BCUT2D eigenvalue weighted by Gasteiger charge is -2.08. The number of benzene rings is 2. The van der Waals surface area contributed by atoms with E-state index in [-0.39, 0.29) is 5.78 Å². The third-order valence-electron chi connectivity index (χ3n) is 4.29. The van der Waals surface area contributed by atoms with E-state index < -0.39 is 0 Å². The number of hydrogen-bond donors (Lipinski definition) is 0. The van der Waals surface area contributed by atoms with E-state index in [0.29, 0.717) is 23.8 Å². The van der Waals surface area contributed by atoms with Gasteiger partial charge in [-0.25, -0.2) is 4.68 Å². The topological polar surface area (TPSA) is 34.9 Å². The molecule has 4 heteroatoms. The van der Waals surface area contributed by atoms with Gasteiger partial charge in [-0.3, -0.25) is 4.79 Å². The van der Waals surface area contributed by atoms with Crippen LogP contribution in [0, 0.1) is 5.92 Å². The zero-order valence-electron chi connectivity index (χ0n) is 15.7. The minimum absolute atomic E-state index is 0.210. The molecular formula is C23H23ClN2O. The Morgan fingerprint density at radius 3 is 2.56 bits per heavy atom. The molecule has 138 valence electrons. The molecule has 0 aliphatic heterocycles. The number of ketones is 1. The van der Waals surface area contributed by atoms with Gasteiger partial charge in [0.1, 0.15) is 5.78 Å². The first-order valence-corrected chi connectivity index (χ1v) is 9.43. The fraction of sp³-hybridized carbons (Fsp3) is 0.217. The monoisotopic (exact) mass is 378 g/mol. The molecule has 3 aromatic rings. The predicted octanol–water partition coefficient (Wildman–Crippen LogP) is 5.99. The molecule has 2 aromatic carbocycles. The van der Waals surface area contributed by atoms with Crippen molar-refractivity contribution in [2.24, 2.45) is 5.92 Å². The lowest BCUT2D eigenvalue weighted by atomic mass is 10.0. The van der Waals surface area contributed by atoms with Crippen molar-refractivity contribution in [1.29, 1.82) is 0 Å². The summed E-state index contributed by atoms with van der Waals surface area (Å²) in [5.74, 6) is 0.549. The summed E-state index contributed by atoms with van der Waals surface area (Å²) in [4.78, 5) is 12.4. The van der Waals surface area contributed by atoms with Crippen molar-refractivity contribution >= 4 is 23.5 Å². The summed E-state index contributed by atoms with van der Waals surface area (Å²) in [6, 6.07) is 17.5. The Morgan fingerprint density at radius 2 is 1.93 bits per heavy atom. The average molecular weight is 379 g/mol. The van der Waals surface area contributed by atoms with Crippen molar-refractivity contribution in [2.75, 3.05) is 0 Å². The second-order valence-corrected chi connectivity index (χ2v) is 7.49. The van der Waals surface area contributed by atoms with Crippen LogP contribution in [0.2, 0.25) is 5.02 Å². The van der Waals surface area contributed by atoms with Gasteiger partial charge >= 0.3 is 0 Å². The summed E-state index contributed by atoms with van der Waals surface area (Å²) >= 11 is 6.16. The van der Waals surface area contributed by atoms with Crippen molar-refractivity contribution in [3.63, 3.8) is 0 Å². The van der Waals surface area contributed by atoms with Crippen molar-refractivity contribution in [2.45, 2.75) is 26.7 Å². The first-order chi connectivity index (χ1) is 13.0. The lowest BCUT2D eigenvalue weighted by molar-refractivity contribution is -0.119. The minimum Gasteiger partial charge on any atom is -0.299 e. The number of nitrogens with zero attached hydrogens (tertiary/aromatic N) is 2. The summed E-state index contributed by atoms with van der Waals surface area (Å²) in [6.45, 7) is 7.89. The van der Waals surface area contributed by atoms with Crippen molar-refractivity contribution in [3.05, 3.63) is 77.5 Å². The quantitative estimate of drug-likeness (QED) is 0.505. The van der Waals surface area contributed by atoms with Crippen molar-refractivity contribution < 1.29 is 4.79 Å². The van der Waals surface area contributed by atoms with E-state index in [2.05, 4.69) is 20.4 Å². The third-order valence-corrected chi connectivity index (χ3v) is 4.53. The van der Waals surface area contributed by atoms with Crippen LogP contribution in [-0.4, -0.2) is 15.6 Å². The molecule has 0 atom stereocenters. The molecule has 0 aliphatic rings. The first kappa shape index (κ1) is 19.1. The number of rotatable bonds is 7. The Bertz CT molecular complexity index is 955. The molecule has 0 radical (unpaired) electrons. The first-order valence-electron chi connectivity index (χ1n) is 9.05. The van der Waals surface area contributed by atoms with Gasteiger partial charge in [-0.15, -0.1) is 0 Å². The fourth-order valence-electron chi connectivity index (χ4n) is 3.04. The molecule has 1 aromatic heterocycles. The van der Waals surface area contributed by atoms with Crippen LogP contribution in [0.4, 0.5) is 0 Å². The van der Waals surface area contributed by atoms with Crippen molar-refractivity contribution in [3.8, 4) is 16.9 Å². The second kappa shape index (κ2) is 8.36. The van der Waals surface area contributed by atoms with Gasteiger partial charge in [0.25, 0.3) is 0 Å². The Balaban J connectivity index is 2.02. The van der Waals surface area contributed by atoms with Crippen LogP contribution in [0.3, 0.4) is 0 Å². The van der Waals surface area contributed by atoms with E-state index in [1.807, 2.05) is 65.4 Å². The highest BCUT2D eigenvalue weighted by Gasteiger charge is 2.15. The predicted molar refractivity (Wildman–Crippen MR) is 112 cm³/mol. The second-order valence-electron chi connectivity index (χ2n) is 7.05. The highest BCUT2D eigenvalue weighted by Crippen LogP contribution is 2.24. The molecular weight excluding hydrogens is 356 g/mol. The van der Waals surface area contributed by atoms with E-state index in [1.165, 1.54) is 0 Å². The molecule has 1 heterocycles. The fourth-order valence-corrected chi connectivity index (χ4v) is 3.22. The summed E-state index contributed by atoms with van der Waals surface area (Å²) in [6.07, 6.45) is 2.72. The van der Waals surface area contributed by atoms with Crippen LogP contribution in [0.1, 0.15) is 31.5 Å². The third kappa shape index (κ3) is 4.75. The van der Waals surface area contributed by atoms with Gasteiger partial charge in [0, 0.05) is 23.4 Å². The van der Waals surface area contributed by atoms with Crippen LogP contribution in [0.5, 0.6) is 0 Å². The molecule has 0 bridgehead atoms. The average Bonchev–Trinajstić information content (AvgIpc) is 3.04.